The van der Waals surface area contributed by atoms with Crippen molar-refractivity contribution in [2.75, 3.05) is 17.2 Å². The molecule has 0 unspecified atom stereocenters. The maximum absolute atomic E-state index is 13.8. The van der Waals surface area contributed by atoms with Crippen LogP contribution in [0.3, 0.4) is 0 Å². The zero-order valence-corrected chi connectivity index (χ0v) is 21.7. The number of rotatable bonds is 7. The van der Waals surface area contributed by atoms with Crippen LogP contribution >= 0.6 is 22.9 Å². The molecule has 2 aromatic heterocycles. The van der Waals surface area contributed by atoms with Crippen LogP contribution in [0.15, 0.2) is 39.8 Å². The Morgan fingerprint density at radius 1 is 1.20 bits per heavy atom. The lowest BCUT2D eigenvalue weighted by Gasteiger charge is -2.12. The smallest absolute Gasteiger partial charge is 0.266 e. The molecule has 35 heavy (non-hydrogen) atoms. The van der Waals surface area contributed by atoms with Crippen molar-refractivity contribution in [3.05, 3.63) is 57.1 Å². The highest BCUT2D eigenvalue weighted by Gasteiger charge is 2.30. The summed E-state index contributed by atoms with van der Waals surface area (Å²) in [5.41, 5.74) is 9.23. The average Bonchev–Trinajstić information content (AvgIpc) is 3.49. The van der Waals surface area contributed by atoms with E-state index in [2.05, 4.69) is 23.7 Å². The highest BCUT2D eigenvalue weighted by molar-refractivity contribution is 7.93. The van der Waals surface area contributed by atoms with Crippen molar-refractivity contribution in [3.63, 3.8) is 0 Å². The van der Waals surface area contributed by atoms with Crippen molar-refractivity contribution in [3.8, 4) is 11.5 Å². The molecule has 2 aromatic carbocycles. The lowest BCUT2D eigenvalue weighted by atomic mass is 9.99. The van der Waals surface area contributed by atoms with Crippen molar-refractivity contribution in [2.24, 2.45) is 5.92 Å². The van der Waals surface area contributed by atoms with E-state index in [1.165, 1.54) is 11.3 Å². The Morgan fingerprint density at radius 3 is 2.69 bits per heavy atom. The molecule has 3 N–H and O–H groups in total. The molecule has 0 radical (unpaired) electrons. The Labute approximate surface area is 212 Å². The lowest BCUT2D eigenvalue weighted by molar-refractivity contribution is 0.174. The van der Waals surface area contributed by atoms with Gasteiger partial charge in [0.05, 0.1) is 0 Å². The normalized spacial score (nSPS) is 13.2. The number of nitrogens with zero attached hydrogens (tertiary/aromatic N) is 1. The Kier molecular flexibility index (Phi) is 6.06. The van der Waals surface area contributed by atoms with Gasteiger partial charge in [0.15, 0.2) is 11.5 Å². The van der Waals surface area contributed by atoms with Gasteiger partial charge in [0.2, 0.25) is 6.79 Å². The van der Waals surface area contributed by atoms with Gasteiger partial charge in [-0.05, 0) is 48.6 Å². The molecule has 0 atom stereocenters. The molecule has 4 aromatic rings. The zero-order chi connectivity index (χ0) is 24.9. The molecule has 0 aliphatic carbocycles. The number of thiophene rings is 1. The Morgan fingerprint density at radius 2 is 1.97 bits per heavy atom. The second-order valence-corrected chi connectivity index (χ2v) is 12.0. The molecule has 3 heterocycles. The van der Waals surface area contributed by atoms with Crippen LogP contribution in [-0.2, 0) is 22.9 Å². The number of nitrogens with two attached hydrogens (primary N) is 1. The number of hydrogen-bond acceptors (Lipinski definition) is 8. The number of aryl methyl sites for hydroxylation is 1. The summed E-state index contributed by atoms with van der Waals surface area (Å²) in [7, 11) is -4.13. The maximum atomic E-state index is 13.8. The van der Waals surface area contributed by atoms with Crippen molar-refractivity contribution in [1.29, 1.82) is 0 Å². The molecule has 0 bridgehead atoms. The van der Waals surface area contributed by atoms with Crippen LogP contribution in [0.4, 0.5) is 11.6 Å². The van der Waals surface area contributed by atoms with Crippen LogP contribution in [0, 0.1) is 12.8 Å². The Bertz CT molecular complexity index is 1540. The molecule has 5 rings (SSSR count). The first-order valence-corrected chi connectivity index (χ1v) is 13.7. The van der Waals surface area contributed by atoms with Gasteiger partial charge in [-0.1, -0.05) is 42.7 Å². The SMILES string of the molecule is Cc1noc(NS(=O)(=O)c2c(Cc3ccc4c(c3)OCO4)sc3ccc(CC(C)C)c(N)c23)c1Cl. The maximum Gasteiger partial charge on any atom is 0.266 e. The Hall–Kier alpha value is -2.95. The van der Waals surface area contributed by atoms with Crippen molar-refractivity contribution >= 4 is 54.6 Å². The topological polar surface area (TPSA) is 117 Å². The predicted molar refractivity (Wildman–Crippen MR) is 137 cm³/mol. The van der Waals surface area contributed by atoms with E-state index < -0.39 is 10.0 Å². The number of fused-ring (bicyclic) bond motifs is 2. The first-order chi connectivity index (χ1) is 16.6. The number of nitrogens with one attached hydrogen (secondary N) is 1. The highest BCUT2D eigenvalue weighted by atomic mass is 35.5. The van der Waals surface area contributed by atoms with E-state index in [1.54, 1.807) is 6.92 Å². The van der Waals surface area contributed by atoms with Crippen LogP contribution in [0.2, 0.25) is 5.02 Å². The molecule has 1 aliphatic heterocycles. The monoisotopic (exact) mass is 533 g/mol. The fourth-order valence-electron chi connectivity index (χ4n) is 4.13. The summed E-state index contributed by atoms with van der Waals surface area (Å²) in [5.74, 6) is 1.52. The molecule has 0 fully saturated rings. The summed E-state index contributed by atoms with van der Waals surface area (Å²) >= 11 is 7.59. The van der Waals surface area contributed by atoms with Crippen LogP contribution in [0.25, 0.3) is 10.1 Å². The molecular weight excluding hydrogens is 510 g/mol. The van der Waals surface area contributed by atoms with Crippen molar-refractivity contribution in [2.45, 2.75) is 38.5 Å². The van der Waals surface area contributed by atoms with Gasteiger partial charge in [-0.15, -0.1) is 11.3 Å². The lowest BCUT2D eigenvalue weighted by Crippen LogP contribution is -2.15. The number of nitrogen functional groups attached to an aromatic ring is 1. The number of benzene rings is 2. The minimum atomic E-state index is -4.13. The van der Waals surface area contributed by atoms with E-state index >= 15 is 0 Å². The van der Waals surface area contributed by atoms with Crippen LogP contribution in [-0.4, -0.2) is 20.4 Å². The Balaban J connectivity index is 1.66. The van der Waals surface area contributed by atoms with Gasteiger partial charge >= 0.3 is 0 Å². The van der Waals surface area contributed by atoms with Gasteiger partial charge in [-0.2, -0.15) is 0 Å². The summed E-state index contributed by atoms with van der Waals surface area (Å²) in [4.78, 5) is 0.746. The summed E-state index contributed by atoms with van der Waals surface area (Å²) in [5, 5.41) is 4.36. The number of sulfonamides is 1. The van der Waals surface area contributed by atoms with E-state index in [0.717, 1.165) is 22.2 Å². The second kappa shape index (κ2) is 8.92. The van der Waals surface area contributed by atoms with Crippen LogP contribution in [0.5, 0.6) is 11.5 Å². The third-order valence-corrected chi connectivity index (χ3v) is 8.90. The van der Waals surface area contributed by atoms with Crippen molar-refractivity contribution < 1.29 is 22.4 Å². The van der Waals surface area contributed by atoms with Gasteiger partial charge < -0.3 is 19.7 Å². The molecular formula is C24H24ClN3O5S2. The minimum absolute atomic E-state index is 0.110. The number of hydrogen-bond donors (Lipinski definition) is 2. The van der Waals surface area contributed by atoms with Gasteiger partial charge in [-0.25, -0.2) is 13.1 Å². The van der Waals surface area contributed by atoms with Gasteiger partial charge in [-0.3, -0.25) is 0 Å². The van der Waals surface area contributed by atoms with Crippen molar-refractivity contribution in [1.82, 2.24) is 5.16 Å². The molecule has 11 heteroatoms. The molecule has 8 nitrogen and oxygen atoms in total. The van der Waals surface area contributed by atoms with E-state index in [4.69, 9.17) is 31.3 Å². The summed E-state index contributed by atoms with van der Waals surface area (Å²) in [6, 6.07) is 9.48. The third-order valence-electron chi connectivity index (χ3n) is 5.73. The quantitative estimate of drug-likeness (QED) is 0.290. The molecule has 0 spiro atoms. The summed E-state index contributed by atoms with van der Waals surface area (Å²) in [6.45, 7) is 5.98. The number of aromatic nitrogens is 1. The minimum Gasteiger partial charge on any atom is -0.454 e. The van der Waals surface area contributed by atoms with Gasteiger partial charge in [0.25, 0.3) is 15.9 Å². The first kappa shape index (κ1) is 23.8. The second-order valence-electron chi connectivity index (χ2n) is 8.84. The zero-order valence-electron chi connectivity index (χ0n) is 19.3. The summed E-state index contributed by atoms with van der Waals surface area (Å²) < 4.78 is 46.8. The number of anilines is 2. The molecule has 184 valence electrons. The molecule has 0 amide bonds. The fraction of sp³-hybridized carbons (Fsp3) is 0.292. The molecule has 0 saturated carbocycles. The van der Waals surface area contributed by atoms with E-state index in [1.807, 2.05) is 30.3 Å². The summed E-state index contributed by atoms with van der Waals surface area (Å²) in [6.07, 6.45) is 1.09. The van der Waals surface area contributed by atoms with E-state index in [9.17, 15) is 8.42 Å². The molecule has 0 saturated heterocycles. The predicted octanol–water partition coefficient (Wildman–Crippen LogP) is 5.75. The van der Waals surface area contributed by atoms with E-state index in [0.29, 0.717) is 45.5 Å². The van der Waals surface area contributed by atoms with Crippen LogP contribution in [0.1, 0.15) is 35.5 Å². The first-order valence-electron chi connectivity index (χ1n) is 11.0. The van der Waals surface area contributed by atoms with Crippen LogP contribution < -0.4 is 19.9 Å². The largest absolute Gasteiger partial charge is 0.454 e. The number of ether oxygens (including phenoxy) is 2. The number of halogens is 1. The fourth-order valence-corrected chi connectivity index (χ4v) is 7.32. The average molecular weight is 534 g/mol. The van der Waals surface area contributed by atoms with Gasteiger partial charge in [0.1, 0.15) is 15.6 Å². The molecule has 1 aliphatic rings. The van der Waals surface area contributed by atoms with Gasteiger partial charge in [0, 0.05) is 27.1 Å². The standard InChI is InChI=1S/C24H24ClN3O5S2/c1-12(2)8-15-5-7-18-20(22(15)26)23(35(29,30)28-24-21(25)13(3)27-33-24)19(34-18)10-14-4-6-16-17(9-14)32-11-31-16/h4-7,9,12,28H,8,10-11,26H2,1-3H3. The third kappa shape index (κ3) is 4.41. The van der Waals surface area contributed by atoms with E-state index in [-0.39, 0.29) is 22.6 Å². The highest BCUT2D eigenvalue weighted by Crippen LogP contribution is 2.43.